The Labute approximate surface area is 119 Å². The minimum absolute atomic E-state index is 0.171. The van der Waals surface area contributed by atoms with Crippen LogP contribution in [-0.4, -0.2) is 68.0 Å². The van der Waals surface area contributed by atoms with Crippen LogP contribution in [0.4, 0.5) is 0 Å². The lowest BCUT2D eigenvalue weighted by Crippen LogP contribution is -2.34. The second-order valence-electron chi connectivity index (χ2n) is 4.84. The highest BCUT2D eigenvalue weighted by Gasteiger charge is 2.24. The molecular formula is C13H24N4O3. The molecule has 0 fully saturated rings. The number of rotatable bonds is 9. The van der Waals surface area contributed by atoms with Crippen LogP contribution in [0.15, 0.2) is 6.20 Å². The smallest absolute Gasteiger partial charge is 0.201 e. The van der Waals surface area contributed by atoms with Crippen molar-refractivity contribution in [2.75, 3.05) is 41.5 Å². The minimum Gasteiger partial charge on any atom is -0.493 e. The van der Waals surface area contributed by atoms with Crippen LogP contribution < -0.4 is 10.5 Å². The van der Waals surface area contributed by atoms with E-state index in [9.17, 15) is 4.79 Å². The zero-order valence-corrected chi connectivity index (χ0v) is 12.6. The van der Waals surface area contributed by atoms with E-state index in [1.807, 2.05) is 19.0 Å². The maximum Gasteiger partial charge on any atom is 0.201 e. The van der Waals surface area contributed by atoms with Crippen molar-refractivity contribution in [3.8, 4) is 5.75 Å². The summed E-state index contributed by atoms with van der Waals surface area (Å²) in [4.78, 5) is 14.4. The summed E-state index contributed by atoms with van der Waals surface area (Å²) in [6.45, 7) is 1.83. The van der Waals surface area contributed by atoms with Crippen LogP contribution in [0.3, 0.4) is 0 Å². The number of carbonyl (C=O) groups excluding carboxylic acids is 1. The molecule has 0 radical (unpaired) electrons. The van der Waals surface area contributed by atoms with Crippen LogP contribution in [0.5, 0.6) is 5.75 Å². The standard InChI is InChI=1S/C13H24N4O3/c1-16(2)6-7-17-12(11(20-4)9-15-17)13(18)10(14)5-8-19-3/h9-10H,5-8,14H2,1-4H3. The molecule has 1 heterocycles. The number of ether oxygens (including phenoxy) is 2. The Balaban J connectivity index is 2.89. The van der Waals surface area contributed by atoms with Crippen molar-refractivity contribution < 1.29 is 14.3 Å². The van der Waals surface area contributed by atoms with E-state index in [-0.39, 0.29) is 5.78 Å². The van der Waals surface area contributed by atoms with E-state index in [4.69, 9.17) is 15.2 Å². The first-order chi connectivity index (χ1) is 9.51. The van der Waals surface area contributed by atoms with Gasteiger partial charge in [-0.3, -0.25) is 9.48 Å². The van der Waals surface area contributed by atoms with E-state index in [1.165, 1.54) is 7.11 Å². The summed E-state index contributed by atoms with van der Waals surface area (Å²) < 4.78 is 11.8. The third-order valence-electron chi connectivity index (χ3n) is 2.99. The Morgan fingerprint density at radius 3 is 2.75 bits per heavy atom. The summed E-state index contributed by atoms with van der Waals surface area (Å²) in [5.41, 5.74) is 6.33. The molecule has 1 aromatic rings. The summed E-state index contributed by atoms with van der Waals surface area (Å²) in [5, 5.41) is 4.20. The Morgan fingerprint density at radius 2 is 2.20 bits per heavy atom. The Hall–Kier alpha value is -1.44. The summed E-state index contributed by atoms with van der Waals surface area (Å²) >= 11 is 0. The number of aromatic nitrogens is 2. The second-order valence-corrected chi connectivity index (χ2v) is 4.84. The summed E-state index contributed by atoms with van der Waals surface area (Å²) in [7, 11) is 7.03. The Kier molecular flexibility index (Phi) is 6.63. The average Bonchev–Trinajstić information content (AvgIpc) is 2.84. The number of nitrogens with two attached hydrogens (primary N) is 1. The van der Waals surface area contributed by atoms with E-state index >= 15 is 0 Å². The van der Waals surface area contributed by atoms with Gasteiger partial charge in [0.25, 0.3) is 0 Å². The van der Waals surface area contributed by atoms with Crippen molar-refractivity contribution in [3.05, 3.63) is 11.9 Å². The lowest BCUT2D eigenvalue weighted by Gasteiger charge is -2.14. The molecule has 1 aromatic heterocycles. The number of hydrogen-bond donors (Lipinski definition) is 1. The number of Topliss-reactive ketones (excluding diaryl/α,β-unsaturated/α-hetero) is 1. The zero-order valence-electron chi connectivity index (χ0n) is 12.6. The highest BCUT2D eigenvalue weighted by molar-refractivity contribution is 6.00. The van der Waals surface area contributed by atoms with Gasteiger partial charge in [0.2, 0.25) is 5.78 Å². The van der Waals surface area contributed by atoms with E-state index in [0.29, 0.717) is 31.0 Å². The maximum absolute atomic E-state index is 12.4. The first kappa shape index (κ1) is 16.6. The third-order valence-corrected chi connectivity index (χ3v) is 2.99. The molecule has 7 nitrogen and oxygen atoms in total. The van der Waals surface area contributed by atoms with Gasteiger partial charge in [0.05, 0.1) is 25.9 Å². The topological polar surface area (TPSA) is 82.6 Å². The van der Waals surface area contributed by atoms with Gasteiger partial charge in [-0.2, -0.15) is 5.10 Å². The molecule has 0 aliphatic rings. The first-order valence-corrected chi connectivity index (χ1v) is 6.54. The molecule has 114 valence electrons. The summed E-state index contributed by atoms with van der Waals surface area (Å²) in [5.74, 6) is 0.289. The largest absolute Gasteiger partial charge is 0.493 e. The van der Waals surface area contributed by atoms with E-state index in [1.54, 1.807) is 18.0 Å². The van der Waals surface area contributed by atoms with Gasteiger partial charge in [-0.05, 0) is 20.5 Å². The Morgan fingerprint density at radius 1 is 1.50 bits per heavy atom. The van der Waals surface area contributed by atoms with E-state index in [0.717, 1.165) is 6.54 Å². The highest BCUT2D eigenvalue weighted by atomic mass is 16.5. The molecule has 20 heavy (non-hydrogen) atoms. The highest BCUT2D eigenvalue weighted by Crippen LogP contribution is 2.19. The molecule has 0 saturated heterocycles. The minimum atomic E-state index is -0.612. The van der Waals surface area contributed by atoms with Gasteiger partial charge in [0, 0.05) is 20.3 Å². The van der Waals surface area contributed by atoms with Crippen LogP contribution in [0.25, 0.3) is 0 Å². The molecule has 0 aromatic carbocycles. The van der Waals surface area contributed by atoms with Crippen LogP contribution in [0.2, 0.25) is 0 Å². The molecule has 1 unspecified atom stereocenters. The number of likely N-dealkylation sites (N-methyl/N-ethyl adjacent to an activating group) is 1. The zero-order chi connectivity index (χ0) is 15.1. The van der Waals surface area contributed by atoms with Crippen LogP contribution in [0.1, 0.15) is 16.9 Å². The SMILES string of the molecule is COCCC(N)C(=O)c1c(OC)cnn1CCN(C)C. The molecule has 1 atom stereocenters. The van der Waals surface area contributed by atoms with Crippen LogP contribution >= 0.6 is 0 Å². The van der Waals surface area contributed by atoms with E-state index in [2.05, 4.69) is 5.10 Å². The fourth-order valence-corrected chi connectivity index (χ4v) is 1.78. The van der Waals surface area contributed by atoms with Crippen molar-refractivity contribution in [3.63, 3.8) is 0 Å². The van der Waals surface area contributed by atoms with Crippen molar-refractivity contribution in [1.82, 2.24) is 14.7 Å². The molecule has 0 aliphatic heterocycles. The summed E-state index contributed by atoms with van der Waals surface area (Å²) in [6.07, 6.45) is 2.02. The molecular weight excluding hydrogens is 260 g/mol. The summed E-state index contributed by atoms with van der Waals surface area (Å²) in [6, 6.07) is -0.612. The maximum atomic E-state index is 12.4. The first-order valence-electron chi connectivity index (χ1n) is 6.54. The number of nitrogens with zero attached hydrogens (tertiary/aromatic N) is 3. The van der Waals surface area contributed by atoms with E-state index < -0.39 is 6.04 Å². The number of hydrogen-bond acceptors (Lipinski definition) is 6. The van der Waals surface area contributed by atoms with Gasteiger partial charge >= 0.3 is 0 Å². The number of carbonyl (C=O) groups is 1. The molecule has 0 saturated carbocycles. The van der Waals surface area contributed by atoms with Crippen molar-refractivity contribution in [1.29, 1.82) is 0 Å². The molecule has 0 bridgehead atoms. The normalized spacial score (nSPS) is 12.7. The molecule has 0 amide bonds. The van der Waals surface area contributed by atoms with Gasteiger partial charge in [0.1, 0.15) is 5.69 Å². The van der Waals surface area contributed by atoms with Crippen molar-refractivity contribution >= 4 is 5.78 Å². The number of ketones is 1. The molecule has 0 aliphatic carbocycles. The average molecular weight is 284 g/mol. The van der Waals surface area contributed by atoms with Crippen LogP contribution in [0, 0.1) is 0 Å². The second kappa shape index (κ2) is 7.98. The molecule has 7 heteroatoms. The van der Waals surface area contributed by atoms with Gasteiger partial charge < -0.3 is 20.1 Å². The van der Waals surface area contributed by atoms with Gasteiger partial charge in [-0.1, -0.05) is 0 Å². The fourth-order valence-electron chi connectivity index (χ4n) is 1.78. The monoisotopic (exact) mass is 284 g/mol. The molecule has 0 spiro atoms. The predicted octanol–water partition coefficient (Wildman–Crippen LogP) is -0.000200. The quantitative estimate of drug-likeness (QED) is 0.643. The van der Waals surface area contributed by atoms with Crippen molar-refractivity contribution in [2.45, 2.75) is 19.0 Å². The van der Waals surface area contributed by atoms with Crippen LogP contribution in [-0.2, 0) is 11.3 Å². The molecule has 2 N–H and O–H groups in total. The number of methoxy groups -OCH3 is 2. The third kappa shape index (κ3) is 4.29. The fraction of sp³-hybridized carbons (Fsp3) is 0.692. The van der Waals surface area contributed by atoms with Gasteiger partial charge in [-0.25, -0.2) is 0 Å². The Bertz CT molecular complexity index is 431. The van der Waals surface area contributed by atoms with Gasteiger partial charge in [0.15, 0.2) is 5.75 Å². The lowest BCUT2D eigenvalue weighted by molar-refractivity contribution is 0.0920. The van der Waals surface area contributed by atoms with Crippen molar-refractivity contribution in [2.24, 2.45) is 5.73 Å². The lowest BCUT2D eigenvalue weighted by atomic mass is 10.1. The molecule has 1 rings (SSSR count). The predicted molar refractivity (Wildman–Crippen MR) is 76.1 cm³/mol. The van der Waals surface area contributed by atoms with Gasteiger partial charge in [-0.15, -0.1) is 0 Å².